The third kappa shape index (κ3) is 5.69. The van der Waals surface area contributed by atoms with Crippen LogP contribution in [-0.2, 0) is 4.74 Å². The van der Waals surface area contributed by atoms with Crippen LogP contribution in [0.25, 0.3) is 0 Å². The second kappa shape index (κ2) is 10.1. The van der Waals surface area contributed by atoms with E-state index >= 15 is 0 Å². The maximum Gasteiger partial charge on any atom is 0.286 e. The summed E-state index contributed by atoms with van der Waals surface area (Å²) in [5.74, 6) is -0.0764. The molecule has 1 amide bonds. The van der Waals surface area contributed by atoms with Crippen LogP contribution in [0, 0.1) is 10.1 Å². The summed E-state index contributed by atoms with van der Waals surface area (Å²) in [4.78, 5) is 27.0. The first kappa shape index (κ1) is 21.9. The second-order valence-corrected chi connectivity index (χ2v) is 5.04. The Hall–Kier alpha value is -3.11. The van der Waals surface area contributed by atoms with E-state index in [1.54, 1.807) is 0 Å². The van der Waals surface area contributed by atoms with Gasteiger partial charge in [-0.2, -0.15) is 0 Å². The maximum absolute atomic E-state index is 12.5. The van der Waals surface area contributed by atoms with Gasteiger partial charge in [0.1, 0.15) is 18.0 Å². The molecular formula is C16H19ClN4O6. The molecule has 1 aromatic carbocycles. The minimum atomic E-state index is -0.690. The number of aromatic nitrogens is 1. The number of carbonyl (C=O) groups excluding carboxylic acids is 1. The zero-order valence-electron chi connectivity index (χ0n) is 14.6. The largest absolute Gasteiger partial charge is 0.493 e. The number of ether oxygens (including phenoxy) is 3. The molecule has 0 saturated heterocycles. The molecule has 0 atom stereocenters. The van der Waals surface area contributed by atoms with Gasteiger partial charge in [-0.3, -0.25) is 14.9 Å². The first-order valence-corrected chi connectivity index (χ1v) is 7.47. The fourth-order valence-corrected chi connectivity index (χ4v) is 2.07. The van der Waals surface area contributed by atoms with Gasteiger partial charge >= 0.3 is 0 Å². The van der Waals surface area contributed by atoms with Gasteiger partial charge < -0.3 is 25.3 Å². The van der Waals surface area contributed by atoms with Crippen molar-refractivity contribution in [2.24, 2.45) is 0 Å². The topological polar surface area (TPSA) is 139 Å². The van der Waals surface area contributed by atoms with Gasteiger partial charge in [-0.25, -0.2) is 4.98 Å². The summed E-state index contributed by atoms with van der Waals surface area (Å²) in [5.41, 5.74) is 5.23. The van der Waals surface area contributed by atoms with E-state index in [2.05, 4.69) is 10.3 Å². The summed E-state index contributed by atoms with van der Waals surface area (Å²) in [5, 5.41) is 13.9. The highest BCUT2D eigenvalue weighted by molar-refractivity contribution is 6.07. The third-order valence-corrected chi connectivity index (χ3v) is 3.31. The van der Waals surface area contributed by atoms with Crippen molar-refractivity contribution in [3.63, 3.8) is 0 Å². The van der Waals surface area contributed by atoms with Gasteiger partial charge in [-0.15, -0.1) is 12.4 Å². The van der Waals surface area contributed by atoms with Crippen LogP contribution in [0.1, 0.15) is 10.4 Å². The number of nitro groups is 1. The van der Waals surface area contributed by atoms with E-state index in [4.69, 9.17) is 19.9 Å². The summed E-state index contributed by atoms with van der Waals surface area (Å²) in [6.45, 7) is 0.468. The second-order valence-electron chi connectivity index (χ2n) is 5.04. The Bertz CT molecular complexity index is 800. The number of hydrogen-bond donors (Lipinski definition) is 2. The van der Waals surface area contributed by atoms with Crippen molar-refractivity contribution in [2.75, 3.05) is 38.5 Å². The SMILES string of the molecule is COCCOc1cc([N+](=O)[O-])c(C(=O)Nc2ccc(N)nc2)cc1OC.Cl. The van der Waals surface area contributed by atoms with Crippen LogP contribution in [-0.4, -0.2) is 43.2 Å². The predicted octanol–water partition coefficient (Wildman–Crippen LogP) is 2.28. The van der Waals surface area contributed by atoms with Crippen LogP contribution < -0.4 is 20.5 Å². The standard InChI is InChI=1S/C16H18N4O6.ClH/c1-24-5-6-26-14-8-12(20(22)23)11(7-13(14)25-2)16(21)19-10-3-4-15(17)18-9-10;/h3-4,7-9H,5-6H2,1-2H3,(H2,17,18)(H,19,21);1H. The molecule has 0 saturated carbocycles. The normalized spacial score (nSPS) is 9.85. The van der Waals surface area contributed by atoms with Gasteiger partial charge in [0.25, 0.3) is 11.6 Å². The van der Waals surface area contributed by atoms with Crippen molar-refractivity contribution >= 4 is 35.5 Å². The number of rotatable bonds is 8. The Labute approximate surface area is 161 Å². The predicted molar refractivity (Wildman–Crippen MR) is 101 cm³/mol. The Morgan fingerprint density at radius 1 is 1.26 bits per heavy atom. The molecule has 3 N–H and O–H groups in total. The smallest absolute Gasteiger partial charge is 0.286 e. The molecule has 0 radical (unpaired) electrons. The van der Waals surface area contributed by atoms with Gasteiger partial charge in [0, 0.05) is 13.2 Å². The van der Waals surface area contributed by atoms with Crippen LogP contribution in [0.2, 0.25) is 0 Å². The molecule has 0 aliphatic carbocycles. The number of nitrogen functional groups attached to an aromatic ring is 1. The molecular weight excluding hydrogens is 380 g/mol. The highest BCUT2D eigenvalue weighted by Crippen LogP contribution is 2.35. The number of methoxy groups -OCH3 is 2. The molecule has 1 aromatic heterocycles. The van der Waals surface area contributed by atoms with Gasteiger partial charge in [0.2, 0.25) is 0 Å². The third-order valence-electron chi connectivity index (χ3n) is 3.31. The summed E-state index contributed by atoms with van der Waals surface area (Å²) in [7, 11) is 2.87. The summed E-state index contributed by atoms with van der Waals surface area (Å²) < 4.78 is 15.5. The van der Waals surface area contributed by atoms with E-state index in [-0.39, 0.29) is 41.9 Å². The first-order valence-electron chi connectivity index (χ1n) is 7.47. The van der Waals surface area contributed by atoms with Gasteiger partial charge in [0.15, 0.2) is 11.5 Å². The van der Waals surface area contributed by atoms with Gasteiger partial charge in [-0.05, 0) is 12.1 Å². The molecule has 2 aromatic rings. The van der Waals surface area contributed by atoms with Crippen LogP contribution in [0.4, 0.5) is 17.2 Å². The van der Waals surface area contributed by atoms with E-state index < -0.39 is 16.5 Å². The number of nitro benzene ring substituents is 1. The number of pyridine rings is 1. The zero-order valence-corrected chi connectivity index (χ0v) is 15.4. The number of nitrogens with zero attached hydrogens (tertiary/aromatic N) is 2. The van der Waals surface area contributed by atoms with Crippen LogP contribution >= 0.6 is 12.4 Å². The molecule has 0 aliphatic rings. The number of nitrogens with two attached hydrogens (primary N) is 1. The average molecular weight is 399 g/mol. The molecule has 0 fully saturated rings. The monoisotopic (exact) mass is 398 g/mol. The van der Waals surface area contributed by atoms with Crippen molar-refractivity contribution in [3.8, 4) is 11.5 Å². The first-order chi connectivity index (χ1) is 12.5. The van der Waals surface area contributed by atoms with Crippen molar-refractivity contribution < 1.29 is 23.9 Å². The Morgan fingerprint density at radius 3 is 2.56 bits per heavy atom. The minimum absolute atomic E-state index is 0. The molecule has 1 heterocycles. The molecule has 0 bridgehead atoms. The molecule has 0 unspecified atom stereocenters. The number of halogens is 1. The molecule has 2 rings (SSSR count). The highest BCUT2D eigenvalue weighted by Gasteiger charge is 2.25. The fraction of sp³-hybridized carbons (Fsp3) is 0.250. The van der Waals surface area contributed by atoms with Crippen molar-refractivity contribution in [1.29, 1.82) is 0 Å². The summed E-state index contributed by atoms with van der Waals surface area (Å²) in [6.07, 6.45) is 1.35. The number of hydrogen-bond acceptors (Lipinski definition) is 8. The van der Waals surface area contributed by atoms with Crippen LogP contribution in [0.5, 0.6) is 11.5 Å². The van der Waals surface area contributed by atoms with Crippen LogP contribution in [0.15, 0.2) is 30.5 Å². The number of anilines is 2. The van der Waals surface area contributed by atoms with Gasteiger partial charge in [-0.1, -0.05) is 0 Å². The van der Waals surface area contributed by atoms with Crippen molar-refractivity contribution in [3.05, 3.63) is 46.1 Å². The van der Waals surface area contributed by atoms with Crippen LogP contribution in [0.3, 0.4) is 0 Å². The lowest BCUT2D eigenvalue weighted by atomic mass is 10.1. The number of carbonyl (C=O) groups is 1. The average Bonchev–Trinajstić information content (AvgIpc) is 2.63. The van der Waals surface area contributed by atoms with Gasteiger partial charge in [0.05, 0.1) is 36.6 Å². The van der Waals surface area contributed by atoms with Crippen molar-refractivity contribution in [2.45, 2.75) is 0 Å². The van der Waals surface area contributed by atoms with E-state index in [1.807, 2.05) is 0 Å². The number of amides is 1. The molecule has 10 nitrogen and oxygen atoms in total. The zero-order chi connectivity index (χ0) is 19.1. The Morgan fingerprint density at radius 2 is 2.00 bits per heavy atom. The Balaban J connectivity index is 0.00000364. The van der Waals surface area contributed by atoms with E-state index in [1.165, 1.54) is 38.6 Å². The fourth-order valence-electron chi connectivity index (χ4n) is 2.07. The maximum atomic E-state index is 12.5. The number of nitrogens with one attached hydrogen (secondary N) is 1. The number of benzene rings is 1. The molecule has 11 heteroatoms. The minimum Gasteiger partial charge on any atom is -0.493 e. The molecule has 0 aliphatic heterocycles. The van der Waals surface area contributed by atoms with E-state index in [0.717, 1.165) is 6.07 Å². The lowest BCUT2D eigenvalue weighted by Gasteiger charge is -2.12. The summed E-state index contributed by atoms with van der Waals surface area (Å²) in [6, 6.07) is 5.42. The quantitative estimate of drug-likeness (QED) is 0.392. The Kier molecular flexibility index (Phi) is 8.24. The lowest BCUT2D eigenvalue weighted by Crippen LogP contribution is -2.15. The molecule has 27 heavy (non-hydrogen) atoms. The molecule has 146 valence electrons. The lowest BCUT2D eigenvalue weighted by molar-refractivity contribution is -0.385. The summed E-state index contributed by atoms with van der Waals surface area (Å²) >= 11 is 0. The van der Waals surface area contributed by atoms with Crippen molar-refractivity contribution in [1.82, 2.24) is 4.98 Å². The van der Waals surface area contributed by atoms with E-state index in [0.29, 0.717) is 12.3 Å². The van der Waals surface area contributed by atoms with E-state index in [9.17, 15) is 14.9 Å². The highest BCUT2D eigenvalue weighted by atomic mass is 35.5. The molecule has 0 spiro atoms.